The minimum absolute atomic E-state index is 0.114. The molecule has 7 heteroatoms. The van der Waals surface area contributed by atoms with Crippen LogP contribution >= 0.6 is 24.0 Å². The number of amides is 1. The first-order valence-electron chi connectivity index (χ1n) is 6.86. The Kier molecular flexibility index (Phi) is 4.37. The van der Waals surface area contributed by atoms with Crippen LogP contribution in [0.2, 0.25) is 0 Å². The molecule has 1 fully saturated rings. The van der Waals surface area contributed by atoms with Gasteiger partial charge in [0.05, 0.1) is 16.2 Å². The van der Waals surface area contributed by atoms with Crippen molar-refractivity contribution in [2.45, 2.75) is 0 Å². The molecule has 0 atom stereocenters. The fourth-order valence-corrected chi connectivity index (χ4v) is 3.51. The molecule has 1 aliphatic heterocycles. The maximum atomic E-state index is 12.6. The highest BCUT2D eigenvalue weighted by atomic mass is 32.2. The molecule has 1 aliphatic rings. The molecule has 3 rings (SSSR count). The number of phenols is 1. The van der Waals surface area contributed by atoms with Gasteiger partial charge in [0.25, 0.3) is 5.91 Å². The molecule has 2 N–H and O–H groups in total. The second kappa shape index (κ2) is 6.46. The molecule has 0 aromatic heterocycles. The molecule has 0 radical (unpaired) electrons. The molecule has 120 valence electrons. The van der Waals surface area contributed by atoms with Crippen LogP contribution in [0.15, 0.2) is 53.4 Å². The summed E-state index contributed by atoms with van der Waals surface area (Å²) < 4.78 is 0.370. The van der Waals surface area contributed by atoms with E-state index in [-0.39, 0.29) is 17.2 Å². The van der Waals surface area contributed by atoms with Gasteiger partial charge < -0.3 is 10.2 Å². The molecule has 1 heterocycles. The summed E-state index contributed by atoms with van der Waals surface area (Å²) in [5, 5.41) is 18.4. The van der Waals surface area contributed by atoms with Gasteiger partial charge in [-0.05, 0) is 48.0 Å². The van der Waals surface area contributed by atoms with E-state index in [0.717, 1.165) is 11.8 Å². The summed E-state index contributed by atoms with van der Waals surface area (Å²) in [6, 6.07) is 12.5. The van der Waals surface area contributed by atoms with Crippen molar-refractivity contribution >= 4 is 51.9 Å². The highest BCUT2D eigenvalue weighted by Crippen LogP contribution is 2.36. The topological polar surface area (TPSA) is 77.8 Å². The molecule has 24 heavy (non-hydrogen) atoms. The Morgan fingerprint density at radius 3 is 2.50 bits per heavy atom. The third-order valence-corrected chi connectivity index (χ3v) is 4.64. The van der Waals surface area contributed by atoms with Crippen molar-refractivity contribution in [2.24, 2.45) is 0 Å². The maximum absolute atomic E-state index is 12.6. The molecule has 0 aliphatic carbocycles. The Hall–Kier alpha value is -2.64. The van der Waals surface area contributed by atoms with Crippen LogP contribution in [0.1, 0.15) is 15.9 Å². The largest absolute Gasteiger partial charge is 0.508 e. The smallest absolute Gasteiger partial charge is 0.335 e. The monoisotopic (exact) mass is 357 g/mol. The van der Waals surface area contributed by atoms with Gasteiger partial charge in [-0.15, -0.1) is 0 Å². The number of hydrogen-bond donors (Lipinski definition) is 2. The third-order valence-electron chi connectivity index (χ3n) is 3.33. The number of phenolic OH excluding ortho intramolecular Hbond substituents is 1. The Balaban J connectivity index is 1.90. The zero-order valence-corrected chi connectivity index (χ0v) is 13.8. The number of aromatic hydroxyl groups is 1. The Morgan fingerprint density at radius 1 is 1.17 bits per heavy atom. The van der Waals surface area contributed by atoms with Gasteiger partial charge in [0.2, 0.25) is 0 Å². The maximum Gasteiger partial charge on any atom is 0.335 e. The zero-order valence-electron chi connectivity index (χ0n) is 12.2. The number of nitrogens with zero attached hydrogens (tertiary/aromatic N) is 1. The van der Waals surface area contributed by atoms with Gasteiger partial charge in [-0.1, -0.05) is 36.1 Å². The molecule has 0 unspecified atom stereocenters. The number of hydrogen-bond acceptors (Lipinski definition) is 5. The number of carboxylic acids is 1. The summed E-state index contributed by atoms with van der Waals surface area (Å²) >= 11 is 6.42. The van der Waals surface area contributed by atoms with Gasteiger partial charge in [0.15, 0.2) is 4.32 Å². The molecule has 2 aromatic carbocycles. The predicted molar refractivity (Wildman–Crippen MR) is 97.2 cm³/mol. The second-order valence-electron chi connectivity index (χ2n) is 4.96. The molecule has 1 amide bonds. The number of rotatable bonds is 3. The number of carbonyl (C=O) groups excluding carboxylic acids is 1. The number of anilines is 1. The Morgan fingerprint density at radius 2 is 1.88 bits per heavy atom. The first-order valence-corrected chi connectivity index (χ1v) is 8.08. The number of aromatic carboxylic acids is 1. The molecule has 0 saturated carbocycles. The highest BCUT2D eigenvalue weighted by Gasteiger charge is 2.33. The average molecular weight is 357 g/mol. The lowest BCUT2D eigenvalue weighted by Crippen LogP contribution is -2.27. The minimum Gasteiger partial charge on any atom is -0.508 e. The summed E-state index contributed by atoms with van der Waals surface area (Å²) in [6.07, 6.45) is 1.66. The van der Waals surface area contributed by atoms with E-state index in [4.69, 9.17) is 17.3 Å². The number of carboxylic acid groups (broad SMARTS) is 1. The van der Waals surface area contributed by atoms with Crippen LogP contribution in [0.4, 0.5) is 5.69 Å². The molecular formula is C17H11NO4S2. The molecule has 0 bridgehead atoms. The summed E-state index contributed by atoms with van der Waals surface area (Å²) in [6.45, 7) is 0. The molecule has 0 spiro atoms. The predicted octanol–water partition coefficient (Wildman–Crippen LogP) is 3.50. The van der Waals surface area contributed by atoms with Crippen molar-refractivity contribution < 1.29 is 19.8 Å². The standard InChI is InChI=1S/C17H11NO4S2/c19-13-3-1-2-10(8-13)9-14-15(20)18(17(23)24-14)12-6-4-11(5-7-12)16(21)22/h1-9,19H,(H,21,22). The van der Waals surface area contributed by atoms with Gasteiger partial charge in [0.1, 0.15) is 5.75 Å². The van der Waals surface area contributed by atoms with Crippen molar-refractivity contribution in [1.29, 1.82) is 0 Å². The summed E-state index contributed by atoms with van der Waals surface area (Å²) in [5.41, 5.74) is 1.35. The average Bonchev–Trinajstić information content (AvgIpc) is 2.81. The fourth-order valence-electron chi connectivity index (χ4n) is 2.21. The summed E-state index contributed by atoms with van der Waals surface area (Å²) in [5.74, 6) is -1.20. The lowest BCUT2D eigenvalue weighted by molar-refractivity contribution is -0.113. The van der Waals surface area contributed by atoms with Crippen molar-refractivity contribution in [1.82, 2.24) is 0 Å². The number of thioether (sulfide) groups is 1. The van der Waals surface area contributed by atoms with E-state index in [0.29, 0.717) is 20.5 Å². The molecule has 1 saturated heterocycles. The van der Waals surface area contributed by atoms with Gasteiger partial charge >= 0.3 is 5.97 Å². The van der Waals surface area contributed by atoms with Gasteiger partial charge in [-0.2, -0.15) is 0 Å². The van der Waals surface area contributed by atoms with Crippen LogP contribution < -0.4 is 4.90 Å². The van der Waals surface area contributed by atoms with Crippen LogP contribution in [-0.4, -0.2) is 26.4 Å². The number of carbonyl (C=O) groups is 2. The van der Waals surface area contributed by atoms with Crippen LogP contribution in [0.5, 0.6) is 5.75 Å². The third kappa shape index (κ3) is 3.17. The van der Waals surface area contributed by atoms with E-state index in [1.165, 1.54) is 17.0 Å². The van der Waals surface area contributed by atoms with E-state index in [9.17, 15) is 14.7 Å². The van der Waals surface area contributed by atoms with Crippen LogP contribution in [-0.2, 0) is 4.79 Å². The van der Waals surface area contributed by atoms with Gasteiger partial charge in [0, 0.05) is 0 Å². The lowest BCUT2D eigenvalue weighted by Gasteiger charge is -2.14. The minimum atomic E-state index is -1.03. The van der Waals surface area contributed by atoms with E-state index < -0.39 is 5.97 Å². The van der Waals surface area contributed by atoms with E-state index in [1.807, 2.05) is 0 Å². The number of benzene rings is 2. The first-order chi connectivity index (χ1) is 11.5. The lowest BCUT2D eigenvalue weighted by atomic mass is 10.2. The summed E-state index contributed by atoms with van der Waals surface area (Å²) in [7, 11) is 0. The fraction of sp³-hybridized carbons (Fsp3) is 0. The second-order valence-corrected chi connectivity index (χ2v) is 6.64. The van der Waals surface area contributed by atoms with Gasteiger partial charge in [-0.25, -0.2) is 4.79 Å². The van der Waals surface area contributed by atoms with Crippen molar-refractivity contribution in [3.8, 4) is 5.75 Å². The normalized spacial score (nSPS) is 16.0. The molecule has 2 aromatic rings. The van der Waals surface area contributed by atoms with Crippen LogP contribution in [0.3, 0.4) is 0 Å². The van der Waals surface area contributed by atoms with E-state index >= 15 is 0 Å². The van der Waals surface area contributed by atoms with Crippen LogP contribution in [0, 0.1) is 0 Å². The summed E-state index contributed by atoms with van der Waals surface area (Å²) in [4.78, 5) is 25.3. The molecular weight excluding hydrogens is 346 g/mol. The number of thiocarbonyl (C=S) groups is 1. The molecule has 5 nitrogen and oxygen atoms in total. The van der Waals surface area contributed by atoms with E-state index in [2.05, 4.69) is 0 Å². The van der Waals surface area contributed by atoms with E-state index in [1.54, 1.807) is 42.5 Å². The quantitative estimate of drug-likeness (QED) is 0.647. The van der Waals surface area contributed by atoms with Crippen molar-refractivity contribution in [3.63, 3.8) is 0 Å². The van der Waals surface area contributed by atoms with Gasteiger partial charge in [-0.3, -0.25) is 9.69 Å². The zero-order chi connectivity index (χ0) is 17.3. The Bertz CT molecular complexity index is 874. The van der Waals surface area contributed by atoms with Crippen LogP contribution in [0.25, 0.3) is 6.08 Å². The van der Waals surface area contributed by atoms with Crippen molar-refractivity contribution in [2.75, 3.05) is 4.90 Å². The highest BCUT2D eigenvalue weighted by molar-refractivity contribution is 8.27. The SMILES string of the molecule is O=C(O)c1ccc(N2C(=O)C(=Cc3cccc(O)c3)SC2=S)cc1. The first kappa shape index (κ1) is 16.2. The Labute approximate surface area is 147 Å². The van der Waals surface area contributed by atoms with Crippen molar-refractivity contribution in [3.05, 3.63) is 64.6 Å².